The Morgan fingerprint density at radius 1 is 1.15 bits per heavy atom. The molecule has 1 heterocycles. The van der Waals surface area contributed by atoms with Gasteiger partial charge in [0.15, 0.2) is 0 Å². The van der Waals surface area contributed by atoms with Gasteiger partial charge in [-0.1, -0.05) is 29.8 Å². The lowest BCUT2D eigenvalue weighted by Gasteiger charge is -2.20. The van der Waals surface area contributed by atoms with Crippen LogP contribution in [0, 0.1) is 5.82 Å². The van der Waals surface area contributed by atoms with E-state index in [1.54, 1.807) is 4.90 Å². The van der Waals surface area contributed by atoms with Crippen molar-refractivity contribution in [1.29, 1.82) is 0 Å². The van der Waals surface area contributed by atoms with Gasteiger partial charge in [0.1, 0.15) is 17.3 Å². The van der Waals surface area contributed by atoms with Gasteiger partial charge in [0.25, 0.3) is 5.91 Å². The lowest BCUT2D eigenvalue weighted by atomic mass is 10.2. The Morgan fingerprint density at radius 2 is 1.92 bits per heavy atom. The maximum Gasteiger partial charge on any atom is 0.278 e. The number of rotatable bonds is 5. The minimum Gasteiger partial charge on any atom is -0.339 e. The third kappa shape index (κ3) is 3.97. The number of halogens is 2. The third-order valence-electron chi connectivity index (χ3n) is 3.69. The van der Waals surface area contributed by atoms with Crippen LogP contribution in [0.2, 0.25) is 5.02 Å². The SMILES string of the molecule is CCN(C(=O)c1cnc(Nc2ccc(F)c(Cl)c2)cn1)c1ccccc1. The molecule has 0 aliphatic carbocycles. The van der Waals surface area contributed by atoms with Crippen LogP contribution in [-0.2, 0) is 0 Å². The van der Waals surface area contributed by atoms with E-state index in [0.29, 0.717) is 18.1 Å². The maximum absolute atomic E-state index is 13.2. The molecule has 26 heavy (non-hydrogen) atoms. The van der Waals surface area contributed by atoms with Crippen LogP contribution in [0.5, 0.6) is 0 Å². The summed E-state index contributed by atoms with van der Waals surface area (Å²) < 4.78 is 13.2. The third-order valence-corrected chi connectivity index (χ3v) is 3.98. The Kier molecular flexibility index (Phi) is 5.43. The van der Waals surface area contributed by atoms with Crippen molar-refractivity contribution in [3.05, 3.63) is 77.5 Å². The number of para-hydroxylation sites is 1. The number of nitrogens with one attached hydrogen (secondary N) is 1. The van der Waals surface area contributed by atoms with E-state index in [1.807, 2.05) is 37.3 Å². The first-order valence-corrected chi connectivity index (χ1v) is 8.37. The van der Waals surface area contributed by atoms with Crippen molar-refractivity contribution in [1.82, 2.24) is 9.97 Å². The summed E-state index contributed by atoms with van der Waals surface area (Å²) in [6.45, 7) is 2.41. The van der Waals surface area contributed by atoms with Gasteiger partial charge in [0, 0.05) is 17.9 Å². The molecule has 5 nitrogen and oxygen atoms in total. The van der Waals surface area contributed by atoms with Crippen LogP contribution in [-0.4, -0.2) is 22.4 Å². The zero-order chi connectivity index (χ0) is 18.5. The monoisotopic (exact) mass is 370 g/mol. The summed E-state index contributed by atoms with van der Waals surface area (Å²) in [6, 6.07) is 13.6. The first-order chi connectivity index (χ1) is 12.6. The number of hydrogen-bond donors (Lipinski definition) is 1. The Balaban J connectivity index is 1.76. The summed E-state index contributed by atoms with van der Waals surface area (Å²) in [7, 11) is 0. The molecule has 7 heteroatoms. The number of aromatic nitrogens is 2. The fourth-order valence-corrected chi connectivity index (χ4v) is 2.59. The molecule has 0 saturated heterocycles. The molecule has 0 aliphatic rings. The first-order valence-electron chi connectivity index (χ1n) is 7.99. The van der Waals surface area contributed by atoms with Crippen molar-refractivity contribution in [3.63, 3.8) is 0 Å². The van der Waals surface area contributed by atoms with Crippen molar-refractivity contribution >= 4 is 34.7 Å². The Morgan fingerprint density at radius 3 is 2.54 bits per heavy atom. The summed E-state index contributed by atoms with van der Waals surface area (Å²) in [5.74, 6) is -0.306. The predicted molar refractivity (Wildman–Crippen MR) is 101 cm³/mol. The number of benzene rings is 2. The number of nitrogens with zero attached hydrogens (tertiary/aromatic N) is 3. The normalized spacial score (nSPS) is 10.4. The number of carbonyl (C=O) groups is 1. The summed E-state index contributed by atoms with van der Waals surface area (Å²) in [5.41, 5.74) is 1.60. The minimum absolute atomic E-state index is 0.0104. The van der Waals surface area contributed by atoms with Crippen LogP contribution < -0.4 is 10.2 Å². The molecule has 0 spiro atoms. The highest BCUT2D eigenvalue weighted by atomic mass is 35.5. The Hall–Kier alpha value is -2.99. The summed E-state index contributed by atoms with van der Waals surface area (Å²) in [4.78, 5) is 22.7. The highest BCUT2D eigenvalue weighted by Crippen LogP contribution is 2.22. The molecule has 0 radical (unpaired) electrons. The molecule has 0 bridgehead atoms. The van der Waals surface area contributed by atoms with Crippen molar-refractivity contribution in [3.8, 4) is 0 Å². The van der Waals surface area contributed by atoms with Crippen molar-refractivity contribution in [2.24, 2.45) is 0 Å². The van der Waals surface area contributed by atoms with E-state index in [2.05, 4.69) is 15.3 Å². The van der Waals surface area contributed by atoms with E-state index in [1.165, 1.54) is 30.6 Å². The number of hydrogen-bond acceptors (Lipinski definition) is 4. The molecule has 3 rings (SSSR count). The van der Waals surface area contributed by atoms with E-state index in [9.17, 15) is 9.18 Å². The van der Waals surface area contributed by atoms with Crippen LogP contribution in [0.25, 0.3) is 0 Å². The van der Waals surface area contributed by atoms with Gasteiger partial charge in [-0.25, -0.2) is 14.4 Å². The van der Waals surface area contributed by atoms with Gasteiger partial charge in [0.2, 0.25) is 0 Å². The van der Waals surface area contributed by atoms with Crippen LogP contribution in [0.4, 0.5) is 21.6 Å². The van der Waals surface area contributed by atoms with Gasteiger partial charge in [0.05, 0.1) is 17.4 Å². The molecule has 2 aromatic carbocycles. The number of amides is 1. The fraction of sp³-hybridized carbons (Fsp3) is 0.105. The molecule has 0 saturated carbocycles. The van der Waals surface area contributed by atoms with Crippen molar-refractivity contribution < 1.29 is 9.18 Å². The molecule has 1 aromatic heterocycles. The van der Waals surface area contributed by atoms with E-state index < -0.39 is 5.82 Å². The molecule has 0 fully saturated rings. The van der Waals surface area contributed by atoms with Gasteiger partial charge in [-0.3, -0.25) is 4.79 Å². The second-order valence-electron chi connectivity index (χ2n) is 5.43. The lowest BCUT2D eigenvalue weighted by molar-refractivity contribution is 0.0983. The van der Waals surface area contributed by atoms with Crippen LogP contribution in [0.3, 0.4) is 0 Å². The largest absolute Gasteiger partial charge is 0.339 e. The quantitative estimate of drug-likeness (QED) is 0.708. The van der Waals surface area contributed by atoms with E-state index in [0.717, 1.165) is 5.69 Å². The Labute approximate surface area is 155 Å². The maximum atomic E-state index is 13.2. The second kappa shape index (κ2) is 7.93. The fourth-order valence-electron chi connectivity index (χ4n) is 2.41. The Bertz CT molecular complexity index is 903. The van der Waals surface area contributed by atoms with Crippen molar-refractivity contribution in [2.45, 2.75) is 6.92 Å². The smallest absolute Gasteiger partial charge is 0.278 e. The zero-order valence-electron chi connectivity index (χ0n) is 14.0. The highest BCUT2D eigenvalue weighted by Gasteiger charge is 2.17. The lowest BCUT2D eigenvalue weighted by Crippen LogP contribution is -2.31. The summed E-state index contributed by atoms with van der Waals surface area (Å²) >= 11 is 5.75. The van der Waals surface area contributed by atoms with E-state index >= 15 is 0 Å². The van der Waals surface area contributed by atoms with Gasteiger partial charge in [-0.15, -0.1) is 0 Å². The molecular formula is C19H16ClFN4O. The highest BCUT2D eigenvalue weighted by molar-refractivity contribution is 6.31. The van der Waals surface area contributed by atoms with Gasteiger partial charge in [-0.05, 0) is 37.3 Å². The van der Waals surface area contributed by atoms with Crippen molar-refractivity contribution in [2.75, 3.05) is 16.8 Å². The van der Waals surface area contributed by atoms with Crippen LogP contribution in [0.1, 0.15) is 17.4 Å². The van der Waals surface area contributed by atoms with E-state index in [-0.39, 0.29) is 16.6 Å². The predicted octanol–water partition coefficient (Wildman–Crippen LogP) is 4.68. The summed E-state index contributed by atoms with van der Waals surface area (Å²) in [6.07, 6.45) is 2.85. The summed E-state index contributed by atoms with van der Waals surface area (Å²) in [5, 5.41) is 2.97. The molecule has 1 N–H and O–H groups in total. The average molecular weight is 371 g/mol. The van der Waals surface area contributed by atoms with Crippen LogP contribution >= 0.6 is 11.6 Å². The first kappa shape index (κ1) is 17.8. The topological polar surface area (TPSA) is 58.1 Å². The van der Waals surface area contributed by atoms with Gasteiger partial charge in [-0.2, -0.15) is 0 Å². The number of carbonyl (C=O) groups excluding carboxylic acids is 1. The molecule has 1 amide bonds. The molecule has 0 unspecified atom stereocenters. The zero-order valence-corrected chi connectivity index (χ0v) is 14.7. The molecular weight excluding hydrogens is 355 g/mol. The van der Waals surface area contributed by atoms with E-state index in [4.69, 9.17) is 11.6 Å². The molecule has 0 aliphatic heterocycles. The number of anilines is 3. The van der Waals surface area contributed by atoms with Crippen LogP contribution in [0.15, 0.2) is 60.9 Å². The molecule has 0 atom stereocenters. The standard InChI is InChI=1S/C19H16ClFN4O/c1-2-25(14-6-4-3-5-7-14)19(26)17-11-23-18(12-22-17)24-13-8-9-16(21)15(20)10-13/h3-12H,2H2,1H3,(H,23,24). The molecule has 3 aromatic rings. The average Bonchev–Trinajstić information content (AvgIpc) is 2.67. The second-order valence-corrected chi connectivity index (χ2v) is 5.83. The van der Waals surface area contributed by atoms with Gasteiger partial charge >= 0.3 is 0 Å². The molecule has 132 valence electrons. The minimum atomic E-state index is -0.496. The van der Waals surface area contributed by atoms with Gasteiger partial charge < -0.3 is 10.2 Å².